The zero-order valence-electron chi connectivity index (χ0n) is 12.8. The van der Waals surface area contributed by atoms with Crippen molar-refractivity contribution in [1.82, 2.24) is 9.62 Å². The van der Waals surface area contributed by atoms with E-state index < -0.39 is 10.0 Å². The Balaban J connectivity index is 1.84. The number of thiophene rings is 1. The first-order chi connectivity index (χ1) is 11.3. The van der Waals surface area contributed by atoms with Crippen molar-refractivity contribution in [1.29, 1.82) is 0 Å². The highest BCUT2D eigenvalue weighted by Gasteiger charge is 2.15. The number of hydrogen-bond acceptors (Lipinski definition) is 4. The number of nitrogens with zero attached hydrogens (tertiary/aromatic N) is 1. The Kier molecular flexibility index (Phi) is 6.65. The minimum atomic E-state index is -3.65. The van der Waals surface area contributed by atoms with E-state index in [4.69, 9.17) is 23.2 Å². The van der Waals surface area contributed by atoms with Crippen LogP contribution in [0.3, 0.4) is 0 Å². The van der Waals surface area contributed by atoms with Crippen LogP contribution in [0, 0.1) is 0 Å². The van der Waals surface area contributed by atoms with Gasteiger partial charge in [-0.25, -0.2) is 13.1 Å². The van der Waals surface area contributed by atoms with Crippen LogP contribution in [0.4, 0.5) is 0 Å². The number of halogens is 2. The standard InChI is InChI=1S/C15H16Cl2N2O3S2/c1-19(10-12-4-7-14(17)23-12)15(20)8-9-18-24(21,22)13-5-2-11(16)3-6-13/h2-7,18H,8-10H2,1H3. The fourth-order valence-corrected chi connectivity index (χ4v) is 4.24. The van der Waals surface area contributed by atoms with Crippen LogP contribution in [0.2, 0.25) is 9.36 Å². The van der Waals surface area contributed by atoms with Crippen molar-refractivity contribution in [3.63, 3.8) is 0 Å². The summed E-state index contributed by atoms with van der Waals surface area (Å²) in [5.74, 6) is -0.154. The molecule has 0 aliphatic carbocycles. The second-order valence-electron chi connectivity index (χ2n) is 5.06. The molecule has 0 unspecified atom stereocenters. The number of sulfonamides is 1. The predicted molar refractivity (Wildman–Crippen MR) is 97.1 cm³/mol. The average molecular weight is 407 g/mol. The number of hydrogen-bond donors (Lipinski definition) is 1. The number of carbonyl (C=O) groups is 1. The second-order valence-corrected chi connectivity index (χ2v) is 9.06. The zero-order chi connectivity index (χ0) is 17.7. The lowest BCUT2D eigenvalue weighted by Crippen LogP contribution is -2.31. The van der Waals surface area contributed by atoms with Gasteiger partial charge >= 0.3 is 0 Å². The summed E-state index contributed by atoms with van der Waals surface area (Å²) >= 11 is 13.0. The van der Waals surface area contributed by atoms with Gasteiger partial charge in [-0.1, -0.05) is 23.2 Å². The van der Waals surface area contributed by atoms with E-state index in [9.17, 15) is 13.2 Å². The highest BCUT2D eigenvalue weighted by molar-refractivity contribution is 7.89. The van der Waals surface area contributed by atoms with Crippen LogP contribution in [0.5, 0.6) is 0 Å². The van der Waals surface area contributed by atoms with Crippen molar-refractivity contribution in [2.24, 2.45) is 0 Å². The summed E-state index contributed by atoms with van der Waals surface area (Å²) in [5.41, 5.74) is 0. The molecule has 2 aromatic rings. The second kappa shape index (κ2) is 8.31. The molecule has 1 heterocycles. The monoisotopic (exact) mass is 406 g/mol. The van der Waals surface area contributed by atoms with Gasteiger partial charge in [0.1, 0.15) is 0 Å². The Morgan fingerprint density at radius 3 is 2.42 bits per heavy atom. The minimum absolute atomic E-state index is 0.0271. The molecule has 1 amide bonds. The van der Waals surface area contributed by atoms with Crippen LogP contribution in [0.15, 0.2) is 41.3 Å². The van der Waals surface area contributed by atoms with Gasteiger partial charge in [-0.3, -0.25) is 4.79 Å². The molecule has 1 aromatic heterocycles. The summed E-state index contributed by atoms with van der Waals surface area (Å²) in [6, 6.07) is 9.47. The van der Waals surface area contributed by atoms with Crippen molar-refractivity contribution < 1.29 is 13.2 Å². The van der Waals surface area contributed by atoms with Gasteiger partial charge in [0.25, 0.3) is 0 Å². The first kappa shape index (κ1) is 19.2. The number of carbonyl (C=O) groups excluding carboxylic acids is 1. The van der Waals surface area contributed by atoms with Crippen LogP contribution >= 0.6 is 34.5 Å². The molecule has 0 saturated carbocycles. The molecule has 0 spiro atoms. The normalized spacial score (nSPS) is 11.5. The van der Waals surface area contributed by atoms with Gasteiger partial charge in [0.05, 0.1) is 15.8 Å². The van der Waals surface area contributed by atoms with Crippen molar-refractivity contribution in [3.8, 4) is 0 Å². The Morgan fingerprint density at radius 2 is 1.83 bits per heavy atom. The smallest absolute Gasteiger partial charge is 0.240 e. The molecule has 0 aliphatic heterocycles. The summed E-state index contributed by atoms with van der Waals surface area (Å²) in [6.07, 6.45) is 0.0719. The molecule has 0 radical (unpaired) electrons. The van der Waals surface area contributed by atoms with Crippen LogP contribution in [-0.2, 0) is 21.4 Å². The molecule has 24 heavy (non-hydrogen) atoms. The van der Waals surface area contributed by atoms with E-state index >= 15 is 0 Å². The van der Waals surface area contributed by atoms with E-state index in [2.05, 4.69) is 4.72 Å². The maximum absolute atomic E-state index is 12.1. The van der Waals surface area contributed by atoms with E-state index in [1.807, 2.05) is 6.07 Å². The van der Waals surface area contributed by atoms with Gasteiger partial charge in [-0.2, -0.15) is 0 Å². The molecular weight excluding hydrogens is 391 g/mol. The SMILES string of the molecule is CN(Cc1ccc(Cl)s1)C(=O)CCNS(=O)(=O)c1ccc(Cl)cc1. The number of rotatable bonds is 7. The largest absolute Gasteiger partial charge is 0.341 e. The quantitative estimate of drug-likeness (QED) is 0.765. The third-order valence-electron chi connectivity index (χ3n) is 3.20. The third-order valence-corrected chi connectivity index (χ3v) is 6.15. The Hall–Kier alpha value is -1.12. The van der Waals surface area contributed by atoms with E-state index in [0.29, 0.717) is 15.9 Å². The number of nitrogens with one attached hydrogen (secondary N) is 1. The lowest BCUT2D eigenvalue weighted by Gasteiger charge is -2.16. The Labute approximate surface area is 155 Å². The van der Waals surface area contributed by atoms with E-state index in [1.165, 1.54) is 35.6 Å². The van der Waals surface area contributed by atoms with Gasteiger partial charge in [0.2, 0.25) is 15.9 Å². The van der Waals surface area contributed by atoms with Crippen molar-refractivity contribution in [3.05, 3.63) is 50.6 Å². The minimum Gasteiger partial charge on any atom is -0.341 e. The van der Waals surface area contributed by atoms with Crippen molar-refractivity contribution in [2.75, 3.05) is 13.6 Å². The molecule has 0 fully saturated rings. The highest BCUT2D eigenvalue weighted by atomic mass is 35.5. The molecule has 1 N–H and O–H groups in total. The average Bonchev–Trinajstić information content (AvgIpc) is 2.92. The Bertz CT molecular complexity index is 804. The number of benzene rings is 1. The summed E-state index contributed by atoms with van der Waals surface area (Å²) in [7, 11) is -1.98. The fourth-order valence-electron chi connectivity index (χ4n) is 1.94. The summed E-state index contributed by atoms with van der Waals surface area (Å²) in [5, 5.41) is 0.458. The molecular formula is C15H16Cl2N2O3S2. The lowest BCUT2D eigenvalue weighted by molar-refractivity contribution is -0.130. The molecule has 0 bridgehead atoms. The van der Waals surface area contributed by atoms with Crippen LogP contribution < -0.4 is 4.72 Å². The van der Waals surface area contributed by atoms with E-state index in [1.54, 1.807) is 18.0 Å². The predicted octanol–water partition coefficient (Wildman–Crippen LogP) is 3.38. The molecule has 0 aliphatic rings. The zero-order valence-corrected chi connectivity index (χ0v) is 16.0. The fraction of sp³-hybridized carbons (Fsp3) is 0.267. The summed E-state index contributed by atoms with van der Waals surface area (Å²) in [4.78, 5) is 14.7. The van der Waals surface area contributed by atoms with Gasteiger partial charge < -0.3 is 4.90 Å². The molecule has 1 aromatic carbocycles. The molecule has 5 nitrogen and oxygen atoms in total. The van der Waals surface area contributed by atoms with Crippen LogP contribution in [-0.4, -0.2) is 32.8 Å². The maximum Gasteiger partial charge on any atom is 0.240 e. The summed E-state index contributed by atoms with van der Waals surface area (Å²) in [6.45, 7) is 0.472. The first-order valence-electron chi connectivity index (χ1n) is 7.01. The van der Waals surface area contributed by atoms with Crippen LogP contribution in [0.25, 0.3) is 0 Å². The molecule has 0 atom stereocenters. The van der Waals surface area contributed by atoms with E-state index in [-0.39, 0.29) is 23.8 Å². The molecule has 2 rings (SSSR count). The van der Waals surface area contributed by atoms with Crippen LogP contribution in [0.1, 0.15) is 11.3 Å². The van der Waals surface area contributed by atoms with Gasteiger partial charge in [-0.15, -0.1) is 11.3 Å². The van der Waals surface area contributed by atoms with Gasteiger partial charge in [0.15, 0.2) is 0 Å². The van der Waals surface area contributed by atoms with E-state index in [0.717, 1.165) is 4.88 Å². The number of amides is 1. The molecule has 130 valence electrons. The van der Waals surface area contributed by atoms with Crippen molar-refractivity contribution in [2.45, 2.75) is 17.9 Å². The van der Waals surface area contributed by atoms with Gasteiger partial charge in [0, 0.05) is 29.9 Å². The van der Waals surface area contributed by atoms with Crippen molar-refractivity contribution >= 4 is 50.5 Å². The highest BCUT2D eigenvalue weighted by Crippen LogP contribution is 2.22. The molecule has 0 saturated heterocycles. The summed E-state index contributed by atoms with van der Waals surface area (Å²) < 4.78 is 27.3. The molecule has 9 heteroatoms. The first-order valence-corrected chi connectivity index (χ1v) is 10.1. The maximum atomic E-state index is 12.1. The third kappa shape index (κ3) is 5.46. The Morgan fingerprint density at radius 1 is 1.17 bits per heavy atom. The topological polar surface area (TPSA) is 66.5 Å². The lowest BCUT2D eigenvalue weighted by atomic mass is 10.3. The van der Waals surface area contributed by atoms with Gasteiger partial charge in [-0.05, 0) is 36.4 Å².